The van der Waals surface area contributed by atoms with E-state index in [2.05, 4.69) is 29.0 Å². The molecule has 1 unspecified atom stereocenters. The van der Waals surface area contributed by atoms with Crippen molar-refractivity contribution in [3.63, 3.8) is 0 Å². The van der Waals surface area contributed by atoms with Crippen LogP contribution in [0.2, 0.25) is 0 Å². The zero-order valence-electron chi connectivity index (χ0n) is 13.5. The van der Waals surface area contributed by atoms with Gasteiger partial charge in [-0.25, -0.2) is 4.98 Å². The minimum absolute atomic E-state index is 0.165. The fourth-order valence-corrected chi connectivity index (χ4v) is 3.08. The molecule has 0 aliphatic carbocycles. The molecule has 1 amide bonds. The summed E-state index contributed by atoms with van der Waals surface area (Å²) in [6.45, 7) is 5.19. The van der Waals surface area contributed by atoms with Gasteiger partial charge in [-0.2, -0.15) is 0 Å². The summed E-state index contributed by atoms with van der Waals surface area (Å²) >= 11 is 0. The van der Waals surface area contributed by atoms with E-state index in [-0.39, 0.29) is 5.91 Å². The summed E-state index contributed by atoms with van der Waals surface area (Å²) in [7, 11) is 1.85. The van der Waals surface area contributed by atoms with Crippen LogP contribution in [0.5, 0.6) is 0 Å². The number of piperidine rings is 1. The van der Waals surface area contributed by atoms with Crippen LogP contribution in [0.15, 0.2) is 12.1 Å². The Morgan fingerprint density at radius 2 is 2.19 bits per heavy atom. The number of hydrogen-bond acceptors (Lipinski definition) is 3. The number of amides is 1. The SMILES string of the molecule is CCCc1cc(C(=O)N2CCCCC2CC)cc(NC)n1. The van der Waals surface area contributed by atoms with Crippen molar-refractivity contribution in [2.45, 2.75) is 58.4 Å². The van der Waals surface area contributed by atoms with Gasteiger partial charge in [-0.3, -0.25) is 4.79 Å². The number of carbonyl (C=O) groups is 1. The van der Waals surface area contributed by atoms with Crippen LogP contribution in [0, 0.1) is 0 Å². The molecule has 1 N–H and O–H groups in total. The maximum absolute atomic E-state index is 12.9. The Kier molecular flexibility index (Phi) is 5.59. The van der Waals surface area contributed by atoms with Crippen molar-refractivity contribution in [2.75, 3.05) is 18.9 Å². The molecule has 1 fully saturated rings. The number of rotatable bonds is 5. The van der Waals surface area contributed by atoms with Crippen LogP contribution in [0.25, 0.3) is 0 Å². The molecule has 0 spiro atoms. The van der Waals surface area contributed by atoms with Gasteiger partial charge < -0.3 is 10.2 Å². The van der Waals surface area contributed by atoms with Crippen molar-refractivity contribution in [3.05, 3.63) is 23.4 Å². The molecule has 1 aromatic rings. The molecule has 21 heavy (non-hydrogen) atoms. The summed E-state index contributed by atoms with van der Waals surface area (Å²) in [5, 5.41) is 3.07. The first-order valence-corrected chi connectivity index (χ1v) is 8.19. The van der Waals surface area contributed by atoms with E-state index in [9.17, 15) is 4.79 Å². The number of aromatic nitrogens is 1. The molecule has 0 saturated carbocycles. The normalized spacial score (nSPS) is 18.6. The van der Waals surface area contributed by atoms with Gasteiger partial charge in [0.1, 0.15) is 5.82 Å². The molecule has 1 aliphatic rings. The molecule has 4 nitrogen and oxygen atoms in total. The van der Waals surface area contributed by atoms with Crippen LogP contribution >= 0.6 is 0 Å². The second-order valence-corrected chi connectivity index (χ2v) is 5.79. The molecule has 0 bridgehead atoms. The molecule has 2 rings (SSSR count). The largest absolute Gasteiger partial charge is 0.373 e. The van der Waals surface area contributed by atoms with Gasteiger partial charge in [-0.1, -0.05) is 20.3 Å². The molecule has 4 heteroatoms. The molecule has 0 aromatic carbocycles. The lowest BCUT2D eigenvalue weighted by atomic mass is 9.98. The summed E-state index contributed by atoms with van der Waals surface area (Å²) in [6, 6.07) is 4.24. The van der Waals surface area contributed by atoms with Gasteiger partial charge in [0.2, 0.25) is 0 Å². The molecule has 0 radical (unpaired) electrons. The van der Waals surface area contributed by atoms with E-state index in [0.717, 1.165) is 55.7 Å². The highest BCUT2D eigenvalue weighted by atomic mass is 16.2. The van der Waals surface area contributed by atoms with Crippen LogP contribution in [-0.2, 0) is 6.42 Å². The zero-order valence-corrected chi connectivity index (χ0v) is 13.5. The highest BCUT2D eigenvalue weighted by molar-refractivity contribution is 5.95. The average Bonchev–Trinajstić information content (AvgIpc) is 2.54. The fourth-order valence-electron chi connectivity index (χ4n) is 3.08. The monoisotopic (exact) mass is 289 g/mol. The number of likely N-dealkylation sites (tertiary alicyclic amines) is 1. The van der Waals surface area contributed by atoms with Gasteiger partial charge in [0.05, 0.1) is 0 Å². The van der Waals surface area contributed by atoms with Gasteiger partial charge in [-0.15, -0.1) is 0 Å². The molecular formula is C17H27N3O. The Labute approximate surface area is 127 Å². The minimum Gasteiger partial charge on any atom is -0.373 e. The number of carbonyl (C=O) groups excluding carboxylic acids is 1. The maximum atomic E-state index is 12.9. The molecule has 2 heterocycles. The smallest absolute Gasteiger partial charge is 0.254 e. The number of nitrogens with one attached hydrogen (secondary N) is 1. The third-order valence-corrected chi connectivity index (χ3v) is 4.25. The van der Waals surface area contributed by atoms with Crippen molar-refractivity contribution in [1.82, 2.24) is 9.88 Å². The van der Waals surface area contributed by atoms with E-state index in [0.29, 0.717) is 6.04 Å². The Balaban J connectivity index is 2.26. The lowest BCUT2D eigenvalue weighted by Gasteiger charge is -2.35. The zero-order chi connectivity index (χ0) is 15.2. The van der Waals surface area contributed by atoms with E-state index in [1.54, 1.807) is 0 Å². The number of hydrogen-bond donors (Lipinski definition) is 1. The summed E-state index contributed by atoms with van der Waals surface area (Å²) in [5.74, 6) is 0.951. The van der Waals surface area contributed by atoms with Gasteiger partial charge in [0, 0.05) is 30.9 Å². The molecule has 1 atom stereocenters. The summed E-state index contributed by atoms with van der Waals surface area (Å²) in [4.78, 5) is 19.5. The Bertz CT molecular complexity index is 487. The standard InChI is InChI=1S/C17H27N3O/c1-4-8-14-11-13(12-16(18-3)19-14)17(21)20-10-7-6-9-15(20)5-2/h11-12,15H,4-10H2,1-3H3,(H,18,19). The van der Waals surface area contributed by atoms with Crippen LogP contribution in [-0.4, -0.2) is 35.4 Å². The summed E-state index contributed by atoms with van der Waals surface area (Å²) in [5.41, 5.74) is 1.77. The van der Waals surface area contributed by atoms with E-state index in [1.165, 1.54) is 6.42 Å². The van der Waals surface area contributed by atoms with Gasteiger partial charge in [0.25, 0.3) is 5.91 Å². The second kappa shape index (κ2) is 7.43. The van der Waals surface area contributed by atoms with E-state index >= 15 is 0 Å². The third-order valence-electron chi connectivity index (χ3n) is 4.25. The van der Waals surface area contributed by atoms with Crippen LogP contribution in [0.4, 0.5) is 5.82 Å². The average molecular weight is 289 g/mol. The molecule has 116 valence electrons. The van der Waals surface area contributed by atoms with Crippen molar-refractivity contribution in [3.8, 4) is 0 Å². The first kappa shape index (κ1) is 15.8. The molecule has 1 aliphatic heterocycles. The quantitative estimate of drug-likeness (QED) is 0.902. The van der Waals surface area contributed by atoms with Crippen molar-refractivity contribution >= 4 is 11.7 Å². The van der Waals surface area contributed by atoms with Crippen molar-refractivity contribution < 1.29 is 4.79 Å². The second-order valence-electron chi connectivity index (χ2n) is 5.79. The number of aryl methyl sites for hydroxylation is 1. The van der Waals surface area contributed by atoms with Gasteiger partial charge in [-0.05, 0) is 44.2 Å². The van der Waals surface area contributed by atoms with E-state index in [4.69, 9.17) is 0 Å². The Morgan fingerprint density at radius 3 is 2.86 bits per heavy atom. The summed E-state index contributed by atoms with van der Waals surface area (Å²) < 4.78 is 0. The summed E-state index contributed by atoms with van der Waals surface area (Å²) in [6.07, 6.45) is 6.48. The van der Waals surface area contributed by atoms with Crippen molar-refractivity contribution in [1.29, 1.82) is 0 Å². The van der Waals surface area contributed by atoms with E-state index in [1.807, 2.05) is 19.2 Å². The predicted molar refractivity (Wildman–Crippen MR) is 86.7 cm³/mol. The lowest BCUT2D eigenvalue weighted by molar-refractivity contribution is 0.0608. The van der Waals surface area contributed by atoms with Crippen LogP contribution < -0.4 is 5.32 Å². The predicted octanol–water partition coefficient (Wildman–Crippen LogP) is 3.48. The highest BCUT2D eigenvalue weighted by Gasteiger charge is 2.26. The molecular weight excluding hydrogens is 262 g/mol. The highest BCUT2D eigenvalue weighted by Crippen LogP contribution is 2.23. The first-order chi connectivity index (χ1) is 10.2. The van der Waals surface area contributed by atoms with E-state index < -0.39 is 0 Å². The fraction of sp³-hybridized carbons (Fsp3) is 0.647. The van der Waals surface area contributed by atoms with Gasteiger partial charge in [0.15, 0.2) is 0 Å². The van der Waals surface area contributed by atoms with Crippen LogP contribution in [0.3, 0.4) is 0 Å². The number of pyridine rings is 1. The number of anilines is 1. The molecule has 1 aromatic heterocycles. The first-order valence-electron chi connectivity index (χ1n) is 8.19. The molecule has 1 saturated heterocycles. The van der Waals surface area contributed by atoms with Gasteiger partial charge >= 0.3 is 0 Å². The minimum atomic E-state index is 0.165. The third kappa shape index (κ3) is 3.74. The topological polar surface area (TPSA) is 45.2 Å². The van der Waals surface area contributed by atoms with Crippen LogP contribution in [0.1, 0.15) is 62.0 Å². The Hall–Kier alpha value is -1.58. The Morgan fingerprint density at radius 1 is 1.38 bits per heavy atom. The lowest BCUT2D eigenvalue weighted by Crippen LogP contribution is -2.43. The van der Waals surface area contributed by atoms with Crippen molar-refractivity contribution in [2.24, 2.45) is 0 Å². The maximum Gasteiger partial charge on any atom is 0.254 e. The number of nitrogens with zero attached hydrogens (tertiary/aromatic N) is 2.